The zero-order valence-electron chi connectivity index (χ0n) is 20.9. The second kappa shape index (κ2) is 9.98. The lowest BCUT2D eigenvalue weighted by atomic mass is 9.89. The predicted octanol–water partition coefficient (Wildman–Crippen LogP) is 4.76. The van der Waals surface area contributed by atoms with E-state index < -0.39 is 15.8 Å². The highest BCUT2D eigenvalue weighted by Crippen LogP contribution is 2.39. The molecule has 3 aromatic carbocycles. The van der Waals surface area contributed by atoms with Crippen LogP contribution in [0, 0.1) is 5.92 Å². The Bertz CT molecular complexity index is 1500. The molecule has 0 radical (unpaired) electrons. The number of hydrogen-bond donors (Lipinski definition) is 0. The summed E-state index contributed by atoms with van der Waals surface area (Å²) in [5.41, 5.74) is 4.54. The quantitative estimate of drug-likeness (QED) is 0.502. The minimum atomic E-state index is -3.62. The molecule has 1 aliphatic carbocycles. The fraction of sp³-hybridized carbons (Fsp3) is 0.267. The van der Waals surface area contributed by atoms with Gasteiger partial charge in [0.1, 0.15) is 11.5 Å². The molecule has 6 nitrogen and oxygen atoms in total. The first-order valence-electron chi connectivity index (χ1n) is 12.3. The van der Waals surface area contributed by atoms with Crippen molar-refractivity contribution in [3.8, 4) is 5.75 Å². The lowest BCUT2D eigenvalue weighted by molar-refractivity contribution is -0.127. The van der Waals surface area contributed by atoms with Crippen LogP contribution < -0.4 is 9.64 Å². The zero-order valence-corrected chi connectivity index (χ0v) is 21.8. The molecule has 1 atom stereocenters. The number of sulfone groups is 1. The summed E-state index contributed by atoms with van der Waals surface area (Å²) in [7, 11) is -0.323. The largest absolute Gasteiger partial charge is 0.497 e. The van der Waals surface area contributed by atoms with E-state index in [1.54, 1.807) is 37.3 Å². The number of amides is 1. The molecule has 37 heavy (non-hydrogen) atoms. The number of ether oxygens (including phenoxy) is 1. The van der Waals surface area contributed by atoms with Crippen LogP contribution in [0.1, 0.15) is 35.1 Å². The summed E-state index contributed by atoms with van der Waals surface area (Å²) in [5.74, 6) is -0.316. The number of benzene rings is 3. The summed E-state index contributed by atoms with van der Waals surface area (Å²) in [6.07, 6.45) is 0.670. The Morgan fingerprint density at radius 2 is 1.65 bits per heavy atom. The maximum atomic E-state index is 13.7. The van der Waals surface area contributed by atoms with Gasteiger partial charge in [0, 0.05) is 37.9 Å². The Balaban J connectivity index is 1.52. The third kappa shape index (κ3) is 5.09. The number of ketones is 1. The van der Waals surface area contributed by atoms with Crippen LogP contribution in [0.4, 0.5) is 5.69 Å². The number of allylic oxidation sites excluding steroid dienone is 2. The van der Waals surface area contributed by atoms with Gasteiger partial charge in [-0.1, -0.05) is 48.5 Å². The first-order chi connectivity index (χ1) is 17.7. The van der Waals surface area contributed by atoms with E-state index in [-0.39, 0.29) is 30.3 Å². The molecule has 0 saturated carbocycles. The third-order valence-electron chi connectivity index (χ3n) is 7.22. The van der Waals surface area contributed by atoms with E-state index in [9.17, 15) is 18.0 Å². The molecule has 1 heterocycles. The standard InChI is InChI=1S/C30H29NO5S/c1-31(24-10-12-26(36-2)13-11-24)30(33)23-15-20-6-5-7-21(14-20)19-37(34,35)29-17-22-8-3-4-9-27(22)28(29)18-25(32)16-23/h3-14,23H,15-19H2,1-2H3/t23-/m1/s1. The minimum Gasteiger partial charge on any atom is -0.497 e. The molecule has 0 spiro atoms. The average Bonchev–Trinajstić information content (AvgIpc) is 3.26. The van der Waals surface area contributed by atoms with Gasteiger partial charge in [0.2, 0.25) is 5.91 Å². The normalized spacial score (nSPS) is 18.8. The van der Waals surface area contributed by atoms with Gasteiger partial charge >= 0.3 is 0 Å². The fourth-order valence-electron chi connectivity index (χ4n) is 5.33. The van der Waals surface area contributed by atoms with Crippen molar-refractivity contribution < 1.29 is 22.7 Å². The smallest absolute Gasteiger partial charge is 0.230 e. The van der Waals surface area contributed by atoms with E-state index in [1.807, 2.05) is 54.6 Å². The van der Waals surface area contributed by atoms with Gasteiger partial charge in [0.05, 0.1) is 17.8 Å². The van der Waals surface area contributed by atoms with Crippen LogP contribution in [0.25, 0.3) is 5.57 Å². The lowest BCUT2D eigenvalue weighted by Crippen LogP contribution is -2.35. The Hall–Kier alpha value is -3.71. The van der Waals surface area contributed by atoms with Crippen LogP contribution in [0.15, 0.2) is 77.7 Å². The molecule has 190 valence electrons. The highest BCUT2D eigenvalue weighted by Gasteiger charge is 2.33. The van der Waals surface area contributed by atoms with E-state index in [1.165, 1.54) is 0 Å². The van der Waals surface area contributed by atoms with Crippen molar-refractivity contribution in [1.82, 2.24) is 0 Å². The third-order valence-corrected chi connectivity index (χ3v) is 9.08. The molecule has 0 unspecified atom stereocenters. The number of nitrogens with zero attached hydrogens (tertiary/aromatic N) is 1. The molecule has 1 aliphatic heterocycles. The van der Waals surface area contributed by atoms with E-state index in [4.69, 9.17) is 4.74 Å². The van der Waals surface area contributed by atoms with Crippen molar-refractivity contribution in [2.45, 2.75) is 31.4 Å². The number of carbonyl (C=O) groups excluding carboxylic acids is 2. The maximum absolute atomic E-state index is 13.7. The van der Waals surface area contributed by atoms with Gasteiger partial charge < -0.3 is 9.64 Å². The van der Waals surface area contributed by atoms with Crippen molar-refractivity contribution in [2.75, 3.05) is 19.1 Å². The number of hydrogen-bond acceptors (Lipinski definition) is 5. The van der Waals surface area contributed by atoms with Gasteiger partial charge in [-0.2, -0.15) is 0 Å². The van der Waals surface area contributed by atoms with E-state index in [0.717, 1.165) is 16.7 Å². The predicted molar refractivity (Wildman–Crippen MR) is 144 cm³/mol. The van der Waals surface area contributed by atoms with Crippen LogP contribution >= 0.6 is 0 Å². The Morgan fingerprint density at radius 3 is 2.41 bits per heavy atom. The molecular weight excluding hydrogens is 486 g/mol. The van der Waals surface area contributed by atoms with Crippen LogP contribution in [0.2, 0.25) is 0 Å². The molecule has 2 aliphatic rings. The van der Waals surface area contributed by atoms with Crippen LogP contribution in [0.5, 0.6) is 5.75 Å². The highest BCUT2D eigenvalue weighted by molar-refractivity contribution is 7.94. The first-order valence-corrected chi connectivity index (χ1v) is 13.9. The van der Waals surface area contributed by atoms with Gasteiger partial charge in [-0.25, -0.2) is 8.42 Å². The number of Topliss-reactive ketones (excluding diaryl/α,β-unsaturated/α-hetero) is 1. The van der Waals surface area contributed by atoms with Gasteiger partial charge in [-0.05, 0) is 58.5 Å². The summed E-state index contributed by atoms with van der Waals surface area (Å²) in [6.45, 7) is 0. The Morgan fingerprint density at radius 1 is 0.919 bits per heavy atom. The van der Waals surface area contributed by atoms with Gasteiger partial charge in [-0.15, -0.1) is 0 Å². The summed E-state index contributed by atoms with van der Waals surface area (Å²) in [5, 5.41) is 0. The SMILES string of the molecule is COc1ccc(N(C)C(=O)[C@H]2CC(=O)CC3=C(Cc4ccccc43)S(=O)(=O)Cc3cccc(c3)C2)cc1. The molecule has 0 aromatic heterocycles. The van der Waals surface area contributed by atoms with Crippen LogP contribution in [-0.2, 0) is 38.0 Å². The number of rotatable bonds is 3. The van der Waals surface area contributed by atoms with Gasteiger partial charge in [-0.3, -0.25) is 9.59 Å². The van der Waals surface area contributed by atoms with Crippen LogP contribution in [0.3, 0.4) is 0 Å². The molecule has 0 saturated heterocycles. The van der Waals surface area contributed by atoms with Crippen molar-refractivity contribution in [1.29, 1.82) is 0 Å². The van der Waals surface area contributed by atoms with E-state index >= 15 is 0 Å². The number of methoxy groups -OCH3 is 1. The number of anilines is 1. The molecule has 5 rings (SSSR count). The Labute approximate surface area is 217 Å². The number of fused-ring (bicyclic) bond motifs is 4. The minimum absolute atomic E-state index is 0.00442. The lowest BCUT2D eigenvalue weighted by Gasteiger charge is -2.24. The van der Waals surface area contributed by atoms with Crippen molar-refractivity contribution in [3.63, 3.8) is 0 Å². The summed E-state index contributed by atoms with van der Waals surface area (Å²) in [4.78, 5) is 29.0. The van der Waals surface area contributed by atoms with E-state index in [0.29, 0.717) is 40.3 Å². The van der Waals surface area contributed by atoms with E-state index in [2.05, 4.69) is 0 Å². The monoisotopic (exact) mass is 515 g/mol. The molecule has 0 fully saturated rings. The molecule has 2 bridgehead atoms. The van der Waals surface area contributed by atoms with Crippen molar-refractivity contribution in [2.24, 2.45) is 5.92 Å². The fourth-order valence-corrected chi connectivity index (χ4v) is 7.05. The zero-order chi connectivity index (χ0) is 26.2. The molecular formula is C30H29NO5S. The molecule has 7 heteroatoms. The van der Waals surface area contributed by atoms with Crippen molar-refractivity contribution >= 4 is 32.8 Å². The molecule has 3 aromatic rings. The topological polar surface area (TPSA) is 80.8 Å². The average molecular weight is 516 g/mol. The molecule has 1 amide bonds. The number of carbonyl (C=O) groups is 2. The van der Waals surface area contributed by atoms with Gasteiger partial charge in [0.25, 0.3) is 0 Å². The highest BCUT2D eigenvalue weighted by atomic mass is 32.2. The maximum Gasteiger partial charge on any atom is 0.230 e. The summed E-state index contributed by atoms with van der Waals surface area (Å²) in [6, 6.07) is 22.1. The van der Waals surface area contributed by atoms with Crippen molar-refractivity contribution in [3.05, 3.63) is 100.0 Å². The first kappa shape index (κ1) is 25.0. The van der Waals surface area contributed by atoms with Crippen LogP contribution in [-0.4, -0.2) is 34.3 Å². The summed E-state index contributed by atoms with van der Waals surface area (Å²) >= 11 is 0. The second-order valence-corrected chi connectivity index (χ2v) is 11.7. The van der Waals surface area contributed by atoms with Gasteiger partial charge in [0.15, 0.2) is 9.84 Å². The Kier molecular flexibility index (Phi) is 6.73. The summed E-state index contributed by atoms with van der Waals surface area (Å²) < 4.78 is 32.2. The second-order valence-electron chi connectivity index (χ2n) is 9.73. The molecule has 0 N–H and O–H groups in total.